The predicted molar refractivity (Wildman–Crippen MR) is 176 cm³/mol. The zero-order chi connectivity index (χ0) is 37.9. The summed E-state index contributed by atoms with van der Waals surface area (Å²) in [7, 11) is -8.56. The normalized spacial score (nSPS) is 11.4. The standard InChI is InChI=1S/C26H27FN8O13S4.3Na/c1-2-51(39,40)9-8-44-7-3-6-29-25-31-24(27)32-26(33-25)30-15-4-5-17(19(12-15)50-48-46-38)34-35-23-21-14(11-20(22(23)28)52(41,42)43)10-16(13-18(21)36)49-47-45-37;;;/h2,4-5,10-13,36-38H,1,3,6-9,28H2,(H,41,42,43)(H2,29,30,31,32,33);;;/q;3*+1/p-3. The van der Waals surface area contributed by atoms with Crippen molar-refractivity contribution in [1.29, 1.82) is 0 Å². The average Bonchev–Trinajstić information content (AvgIpc) is 3.08. The number of sulfone groups is 1. The van der Waals surface area contributed by atoms with E-state index in [1.807, 2.05) is 0 Å². The summed E-state index contributed by atoms with van der Waals surface area (Å²) in [6, 6.07) is 7.29. The van der Waals surface area contributed by atoms with Crippen molar-refractivity contribution in [3.05, 3.63) is 54.5 Å². The number of anilines is 4. The largest absolute Gasteiger partial charge is 1.00 e. The van der Waals surface area contributed by atoms with Crippen molar-refractivity contribution in [2.45, 2.75) is 21.1 Å². The average molecular weight is 873 g/mol. The number of halogens is 1. The summed E-state index contributed by atoms with van der Waals surface area (Å²) in [6.45, 7) is 3.62. The smallest absolute Gasteiger partial charge is 0.744 e. The number of ether oxygens (including phenoxy) is 1. The predicted octanol–water partition coefficient (Wildman–Crippen LogP) is -6.64. The van der Waals surface area contributed by atoms with Crippen LogP contribution in [0.25, 0.3) is 10.8 Å². The molecule has 0 saturated heterocycles. The number of phenols is 1. The first kappa shape index (κ1) is 51.7. The van der Waals surface area contributed by atoms with Gasteiger partial charge in [-0.05, 0) is 48.2 Å². The fourth-order valence-corrected chi connectivity index (χ4v) is 6.19. The summed E-state index contributed by atoms with van der Waals surface area (Å²) in [6.07, 6.45) is -0.741. The van der Waals surface area contributed by atoms with Crippen molar-refractivity contribution in [3.63, 3.8) is 0 Å². The summed E-state index contributed by atoms with van der Waals surface area (Å²) in [5.41, 5.74) is 5.06. The SMILES string of the molecule is C=CS(=O)(=O)CCOCCCNc1nc(F)nc(Nc2ccc(N=Nc3c(N)c(S(=O)(=O)[O-])cc4cc(SOO[O-])cc(O)c34)c(SOO[O-])c2)n1.[Na+].[Na+].[Na+]. The second kappa shape index (κ2) is 24.6. The van der Waals surface area contributed by atoms with Crippen LogP contribution in [0.2, 0.25) is 0 Å². The van der Waals surface area contributed by atoms with Gasteiger partial charge in [-0.15, -0.1) is 10.2 Å². The van der Waals surface area contributed by atoms with Gasteiger partial charge in [-0.2, -0.15) is 28.0 Å². The number of azo groups is 1. The maximum absolute atomic E-state index is 14.2. The number of nitrogen functional groups attached to an aromatic ring is 1. The number of nitrogens with one attached hydrogen (secondary N) is 2. The third-order valence-corrected chi connectivity index (χ3v) is 9.64. The molecule has 3 aromatic carbocycles. The Bertz CT molecular complexity index is 2180. The van der Waals surface area contributed by atoms with Crippen molar-refractivity contribution in [1.82, 2.24) is 15.0 Å². The third kappa shape index (κ3) is 15.8. The third-order valence-electron chi connectivity index (χ3n) is 6.34. The molecule has 5 N–H and O–H groups in total. The van der Waals surface area contributed by atoms with Crippen molar-refractivity contribution >= 4 is 89.5 Å². The van der Waals surface area contributed by atoms with Crippen LogP contribution >= 0.6 is 24.1 Å². The zero-order valence-corrected chi connectivity index (χ0v) is 38.2. The minimum atomic E-state index is -5.18. The van der Waals surface area contributed by atoms with Gasteiger partial charge in [0, 0.05) is 29.1 Å². The molecule has 0 aliphatic rings. The Balaban J connectivity index is 0.00000504. The van der Waals surface area contributed by atoms with Gasteiger partial charge in [-0.25, -0.2) is 16.8 Å². The molecule has 0 aliphatic carbocycles. The van der Waals surface area contributed by atoms with Gasteiger partial charge in [-0.1, -0.05) is 6.58 Å². The van der Waals surface area contributed by atoms with Crippen LogP contribution in [0, 0.1) is 6.08 Å². The van der Waals surface area contributed by atoms with Crippen molar-refractivity contribution in [3.8, 4) is 5.75 Å². The molecule has 0 unspecified atom stereocenters. The number of phenolic OH excluding ortho intramolecular Hbond substituents is 1. The molecule has 0 spiro atoms. The van der Waals surface area contributed by atoms with Crippen LogP contribution in [0.4, 0.5) is 39.0 Å². The Labute approximate surface area is 387 Å². The molecule has 4 aromatic rings. The first-order valence-electron chi connectivity index (χ1n) is 14.0. The van der Waals surface area contributed by atoms with E-state index < -0.39 is 48.1 Å². The number of nitrogens with two attached hydrogens (primary N) is 1. The van der Waals surface area contributed by atoms with Crippen molar-refractivity contribution < 1.29 is 154 Å². The molecule has 0 atom stereocenters. The van der Waals surface area contributed by atoms with E-state index in [0.717, 1.165) is 17.5 Å². The molecule has 4 rings (SSSR count). The number of nitrogens with zero attached hydrogens (tertiary/aromatic N) is 5. The summed E-state index contributed by atoms with van der Waals surface area (Å²) >= 11 is 0.741. The molecule has 0 aliphatic heterocycles. The Hall–Kier alpha value is -1.32. The topological polar surface area (TPSA) is 317 Å². The van der Waals surface area contributed by atoms with Gasteiger partial charge in [0.15, 0.2) is 9.84 Å². The number of fused-ring (bicyclic) bond motifs is 1. The second-order valence-electron chi connectivity index (χ2n) is 9.76. The molecule has 1 heterocycles. The fraction of sp³-hybridized carbons (Fsp3) is 0.192. The van der Waals surface area contributed by atoms with Gasteiger partial charge in [0.05, 0.1) is 57.3 Å². The van der Waals surface area contributed by atoms with Gasteiger partial charge in [0.2, 0.25) is 11.9 Å². The molecule has 0 bridgehead atoms. The molecule has 280 valence electrons. The van der Waals surface area contributed by atoms with Gasteiger partial charge in [0.1, 0.15) is 27.2 Å². The second-order valence-corrected chi connectivity index (χ2v) is 14.7. The number of hydrogen-bond acceptors (Lipinski definition) is 23. The maximum Gasteiger partial charge on any atom is 1.00 e. The summed E-state index contributed by atoms with van der Waals surface area (Å²) in [4.78, 5) is 10.4. The van der Waals surface area contributed by atoms with E-state index in [1.54, 1.807) is 0 Å². The van der Waals surface area contributed by atoms with E-state index in [9.17, 15) is 41.4 Å². The fourth-order valence-electron chi connectivity index (χ4n) is 4.12. The van der Waals surface area contributed by atoms with E-state index in [4.69, 9.17) is 10.5 Å². The van der Waals surface area contributed by atoms with E-state index >= 15 is 0 Å². The van der Waals surface area contributed by atoms with Crippen LogP contribution in [0.15, 0.2) is 73.3 Å². The Morgan fingerprint density at radius 3 is 2.33 bits per heavy atom. The summed E-state index contributed by atoms with van der Waals surface area (Å²) in [5.74, 6) is -1.12. The summed E-state index contributed by atoms with van der Waals surface area (Å²) < 4.78 is 87.0. The number of aromatic nitrogens is 3. The van der Waals surface area contributed by atoms with E-state index in [2.05, 4.69) is 61.1 Å². The minimum Gasteiger partial charge on any atom is -0.744 e. The first-order valence-corrected chi connectivity index (χ1v) is 18.6. The molecule has 0 fully saturated rings. The first-order chi connectivity index (χ1) is 24.7. The molecular weight excluding hydrogens is 849 g/mol. The Kier molecular flexibility index (Phi) is 23.1. The number of hydrogen-bond donors (Lipinski definition) is 4. The van der Waals surface area contributed by atoms with Crippen LogP contribution in [-0.4, -0.2) is 67.0 Å². The monoisotopic (exact) mass is 872 g/mol. The molecule has 0 saturated carbocycles. The molecule has 21 nitrogen and oxygen atoms in total. The molecular formula is C26H24FN8Na3O13S4. The van der Waals surface area contributed by atoms with Gasteiger partial charge < -0.3 is 41.3 Å². The van der Waals surface area contributed by atoms with Crippen molar-refractivity contribution in [2.75, 3.05) is 41.9 Å². The molecule has 55 heavy (non-hydrogen) atoms. The number of aromatic hydroxyl groups is 1. The van der Waals surface area contributed by atoms with E-state index in [0.29, 0.717) is 30.5 Å². The van der Waals surface area contributed by atoms with Gasteiger partial charge >= 0.3 is 94.8 Å². The number of rotatable bonds is 20. The van der Waals surface area contributed by atoms with Crippen LogP contribution < -0.4 is 116 Å². The minimum absolute atomic E-state index is 0. The Morgan fingerprint density at radius 2 is 1.65 bits per heavy atom. The molecule has 1 aromatic heterocycles. The van der Waals surface area contributed by atoms with Crippen LogP contribution in [-0.2, 0) is 43.4 Å². The summed E-state index contributed by atoms with van der Waals surface area (Å²) in [5, 5.41) is 52.5. The number of benzene rings is 3. The van der Waals surface area contributed by atoms with Crippen LogP contribution in [0.1, 0.15) is 6.42 Å². The van der Waals surface area contributed by atoms with Crippen LogP contribution in [0.5, 0.6) is 5.75 Å². The zero-order valence-electron chi connectivity index (χ0n) is 29.0. The van der Waals surface area contributed by atoms with E-state index in [-0.39, 0.29) is 158 Å². The maximum atomic E-state index is 14.2. The quantitative estimate of drug-likeness (QED) is 0.00937. The van der Waals surface area contributed by atoms with E-state index in [1.165, 1.54) is 24.3 Å². The van der Waals surface area contributed by atoms with Gasteiger partial charge in [0.25, 0.3) is 0 Å². The molecule has 29 heteroatoms. The molecule has 0 amide bonds. The van der Waals surface area contributed by atoms with Gasteiger partial charge in [-0.3, -0.25) is 10.1 Å². The van der Waals surface area contributed by atoms with Crippen molar-refractivity contribution in [2.24, 2.45) is 10.2 Å². The van der Waals surface area contributed by atoms with Crippen LogP contribution in [0.3, 0.4) is 0 Å². The Morgan fingerprint density at radius 1 is 0.964 bits per heavy atom. The molecule has 0 radical (unpaired) electrons.